The minimum Gasteiger partial charge on any atom is -0.452 e. The first kappa shape index (κ1) is 7.72. The molecule has 0 N–H and O–H groups in total. The van der Waals surface area contributed by atoms with Gasteiger partial charge in [-0.25, -0.2) is 4.79 Å². The molecule has 0 aromatic heterocycles. The Bertz CT molecular complexity index is 410. The molecule has 0 aromatic rings. The van der Waals surface area contributed by atoms with Crippen molar-refractivity contribution in [2.75, 3.05) is 7.11 Å². The van der Waals surface area contributed by atoms with Crippen LogP contribution in [0.2, 0.25) is 0 Å². The number of hydrogen-bond donors (Lipinski definition) is 0. The fourth-order valence-electron chi connectivity index (χ4n) is 1.07. The van der Waals surface area contributed by atoms with E-state index in [9.17, 15) is 4.79 Å². The monoisotopic (exact) mass is 177 g/mol. The molecule has 2 heterocycles. The van der Waals surface area contributed by atoms with Crippen LogP contribution in [0.1, 0.15) is 0 Å². The van der Waals surface area contributed by atoms with E-state index in [1.807, 2.05) is 0 Å². The molecule has 5 nitrogen and oxygen atoms in total. The van der Waals surface area contributed by atoms with Gasteiger partial charge in [-0.1, -0.05) is 0 Å². The van der Waals surface area contributed by atoms with Crippen LogP contribution in [0.5, 0.6) is 0 Å². The Labute approximate surface area is 74.3 Å². The predicted octanol–water partition coefficient (Wildman–Crippen LogP) is 0.997. The van der Waals surface area contributed by atoms with E-state index in [1.54, 1.807) is 24.7 Å². The number of fused-ring (bicyclic) bond motifs is 1. The number of nitrogens with zero attached hydrogens (tertiary/aromatic N) is 3. The second-order valence-corrected chi connectivity index (χ2v) is 2.51. The standard InChI is InChI=1S/C8H7N3O2/c1-13-8(12)11-3-2-7-6(5-11)4-9-10-7/h2-5H,1H3. The Hall–Kier alpha value is -1.91. The van der Waals surface area contributed by atoms with Crippen molar-refractivity contribution in [3.8, 4) is 11.3 Å². The van der Waals surface area contributed by atoms with Gasteiger partial charge in [-0.15, -0.1) is 0 Å². The maximum Gasteiger partial charge on any atom is 0.417 e. The van der Waals surface area contributed by atoms with E-state index in [1.165, 1.54) is 11.7 Å². The summed E-state index contributed by atoms with van der Waals surface area (Å²) in [6.07, 6.45) is 4.38. The lowest BCUT2D eigenvalue weighted by atomic mass is 10.2. The Kier molecular flexibility index (Phi) is 1.70. The molecule has 0 spiro atoms. The molecule has 0 amide bonds. The molecule has 0 fully saturated rings. The van der Waals surface area contributed by atoms with Gasteiger partial charge in [0.1, 0.15) is 0 Å². The minimum absolute atomic E-state index is 0.428. The first-order valence-corrected chi connectivity index (χ1v) is 3.69. The highest BCUT2D eigenvalue weighted by molar-refractivity contribution is 5.72. The zero-order chi connectivity index (χ0) is 9.26. The summed E-state index contributed by atoms with van der Waals surface area (Å²) < 4.78 is 5.88. The van der Waals surface area contributed by atoms with Crippen LogP contribution in [0, 0.1) is 0 Å². The SMILES string of the molecule is COC(=O)n1ccc2nncc-2c1. The first-order chi connectivity index (χ1) is 6.31. The summed E-state index contributed by atoms with van der Waals surface area (Å²) in [5, 5.41) is 7.54. The maximum atomic E-state index is 11.1. The molecule has 2 aliphatic heterocycles. The van der Waals surface area contributed by atoms with Crippen LogP contribution in [-0.2, 0) is 4.74 Å². The molecule has 0 saturated heterocycles. The van der Waals surface area contributed by atoms with Crippen LogP contribution in [0.4, 0.5) is 4.79 Å². The number of carbonyl (C=O) groups is 1. The van der Waals surface area contributed by atoms with Gasteiger partial charge in [0.05, 0.1) is 19.0 Å². The Morgan fingerprint density at radius 1 is 1.62 bits per heavy atom. The Balaban J connectivity index is 2.49. The second kappa shape index (κ2) is 2.85. The average molecular weight is 177 g/mol. The van der Waals surface area contributed by atoms with Gasteiger partial charge in [-0.3, -0.25) is 4.57 Å². The molecule has 0 radical (unpaired) electrons. The number of methoxy groups -OCH3 is 1. The second-order valence-electron chi connectivity index (χ2n) is 2.51. The zero-order valence-electron chi connectivity index (χ0n) is 6.97. The quantitative estimate of drug-likeness (QED) is 0.602. The van der Waals surface area contributed by atoms with E-state index < -0.39 is 6.09 Å². The highest BCUT2D eigenvalue weighted by Gasteiger charge is 2.08. The average Bonchev–Trinajstić information content (AvgIpc) is 2.63. The van der Waals surface area contributed by atoms with Crippen LogP contribution in [0.15, 0.2) is 24.7 Å². The largest absolute Gasteiger partial charge is 0.452 e. The topological polar surface area (TPSA) is 57.0 Å². The van der Waals surface area contributed by atoms with Crippen LogP contribution in [0.25, 0.3) is 11.3 Å². The molecular formula is C8H7N3O2. The molecular weight excluding hydrogens is 170 g/mol. The van der Waals surface area contributed by atoms with Crippen molar-refractivity contribution in [3.63, 3.8) is 0 Å². The Morgan fingerprint density at radius 2 is 2.46 bits per heavy atom. The third-order valence-electron chi connectivity index (χ3n) is 1.71. The third kappa shape index (κ3) is 1.24. The maximum absolute atomic E-state index is 11.1. The number of carbonyl (C=O) groups excluding carboxylic acids is 1. The van der Waals surface area contributed by atoms with Crippen molar-refractivity contribution in [1.29, 1.82) is 0 Å². The number of hydrogen-bond acceptors (Lipinski definition) is 4. The van der Waals surface area contributed by atoms with Crippen LogP contribution < -0.4 is 0 Å². The first-order valence-electron chi connectivity index (χ1n) is 3.69. The molecule has 0 unspecified atom stereocenters. The van der Waals surface area contributed by atoms with E-state index >= 15 is 0 Å². The molecule has 13 heavy (non-hydrogen) atoms. The summed E-state index contributed by atoms with van der Waals surface area (Å²) in [6, 6.07) is 1.71. The minimum atomic E-state index is -0.428. The number of ether oxygens (including phenoxy) is 1. The fourth-order valence-corrected chi connectivity index (χ4v) is 1.07. The summed E-state index contributed by atoms with van der Waals surface area (Å²) in [6.45, 7) is 0. The summed E-state index contributed by atoms with van der Waals surface area (Å²) in [5.74, 6) is 0. The summed E-state index contributed by atoms with van der Waals surface area (Å²) in [7, 11) is 1.33. The summed E-state index contributed by atoms with van der Waals surface area (Å²) in [4.78, 5) is 11.1. The molecule has 0 saturated carbocycles. The van der Waals surface area contributed by atoms with Gasteiger partial charge in [-0.05, 0) is 6.07 Å². The highest BCUT2D eigenvalue weighted by Crippen LogP contribution is 2.16. The molecule has 5 heteroatoms. The van der Waals surface area contributed by atoms with E-state index in [0.717, 1.165) is 11.3 Å². The van der Waals surface area contributed by atoms with Crippen LogP contribution in [0.3, 0.4) is 0 Å². The van der Waals surface area contributed by atoms with Crippen LogP contribution >= 0.6 is 0 Å². The Morgan fingerprint density at radius 3 is 3.23 bits per heavy atom. The van der Waals surface area contributed by atoms with Gasteiger partial charge in [0.25, 0.3) is 0 Å². The van der Waals surface area contributed by atoms with Crippen LogP contribution in [-0.4, -0.2) is 28.0 Å². The summed E-state index contributed by atoms with van der Waals surface area (Å²) >= 11 is 0. The van der Waals surface area contributed by atoms with Gasteiger partial charge in [0, 0.05) is 18.0 Å². The van der Waals surface area contributed by atoms with Crippen molar-refractivity contribution >= 4 is 6.09 Å². The highest BCUT2D eigenvalue weighted by atomic mass is 16.5. The molecule has 0 bridgehead atoms. The van der Waals surface area contributed by atoms with Gasteiger partial charge < -0.3 is 4.74 Å². The molecule has 2 rings (SSSR count). The molecule has 0 aromatic carbocycles. The third-order valence-corrected chi connectivity index (χ3v) is 1.71. The van der Waals surface area contributed by atoms with E-state index in [4.69, 9.17) is 0 Å². The van der Waals surface area contributed by atoms with Gasteiger partial charge in [0.2, 0.25) is 0 Å². The zero-order valence-corrected chi connectivity index (χ0v) is 6.97. The number of pyridine rings is 1. The van der Waals surface area contributed by atoms with E-state index in [-0.39, 0.29) is 0 Å². The fraction of sp³-hybridized carbons (Fsp3) is 0.125. The lowest BCUT2D eigenvalue weighted by molar-refractivity contribution is 0.172. The predicted molar refractivity (Wildman–Crippen MR) is 44.4 cm³/mol. The van der Waals surface area contributed by atoms with E-state index in [2.05, 4.69) is 14.9 Å². The molecule has 0 atom stereocenters. The smallest absolute Gasteiger partial charge is 0.417 e. The van der Waals surface area contributed by atoms with E-state index in [0.29, 0.717) is 0 Å². The van der Waals surface area contributed by atoms with Crippen molar-refractivity contribution in [3.05, 3.63) is 24.7 Å². The van der Waals surface area contributed by atoms with Gasteiger partial charge >= 0.3 is 6.09 Å². The molecule has 2 aliphatic rings. The number of aromatic nitrogens is 3. The molecule has 66 valence electrons. The lowest BCUT2D eigenvalue weighted by Crippen LogP contribution is -2.11. The van der Waals surface area contributed by atoms with Gasteiger partial charge in [0.15, 0.2) is 0 Å². The van der Waals surface area contributed by atoms with Gasteiger partial charge in [-0.2, -0.15) is 10.2 Å². The normalized spacial score (nSPS) is 10.2. The van der Waals surface area contributed by atoms with Crippen molar-refractivity contribution in [2.45, 2.75) is 0 Å². The summed E-state index contributed by atoms with van der Waals surface area (Å²) in [5.41, 5.74) is 1.58. The van der Waals surface area contributed by atoms with Crippen molar-refractivity contribution in [1.82, 2.24) is 14.8 Å². The van der Waals surface area contributed by atoms with Crippen molar-refractivity contribution in [2.24, 2.45) is 0 Å². The number of rotatable bonds is 0. The molecule has 0 aliphatic carbocycles. The van der Waals surface area contributed by atoms with Crippen molar-refractivity contribution < 1.29 is 9.53 Å². The lowest BCUT2D eigenvalue weighted by Gasteiger charge is -2.03.